The summed E-state index contributed by atoms with van der Waals surface area (Å²) in [6, 6.07) is 0. The van der Waals surface area contributed by atoms with Crippen LogP contribution in [0.1, 0.15) is 24.7 Å². The van der Waals surface area contributed by atoms with Gasteiger partial charge in [-0.15, -0.1) is 0 Å². The molecule has 0 aliphatic carbocycles. The van der Waals surface area contributed by atoms with Crippen LogP contribution in [-0.4, -0.2) is 41.1 Å². The largest absolute Gasteiger partial charge is 0.399 e. The summed E-state index contributed by atoms with van der Waals surface area (Å²) in [5.74, 6) is 0. The first-order valence-electron chi connectivity index (χ1n) is 5.65. The molecule has 1 aromatic rings. The Balaban J connectivity index is 2.39. The molecule has 0 saturated heterocycles. The van der Waals surface area contributed by atoms with E-state index in [0.29, 0.717) is 10.7 Å². The molecular weight excluding hydrogens is 240 g/mol. The molecule has 0 N–H and O–H groups in total. The second kappa shape index (κ2) is 5.06. The van der Waals surface area contributed by atoms with E-state index in [0.717, 1.165) is 37.4 Å². The molecular formula is C11H17ClN4O. The molecule has 0 fully saturated rings. The van der Waals surface area contributed by atoms with Gasteiger partial charge in [-0.1, -0.05) is 16.8 Å². The van der Waals surface area contributed by atoms with Gasteiger partial charge < -0.3 is 9.74 Å². The number of rotatable bonds is 2. The molecule has 0 spiro atoms. The monoisotopic (exact) mass is 256 g/mol. The maximum Gasteiger partial charge on any atom is 0.129 e. The van der Waals surface area contributed by atoms with Crippen LogP contribution in [0, 0.1) is 0 Å². The highest BCUT2D eigenvalue weighted by atomic mass is 35.5. The zero-order valence-corrected chi connectivity index (χ0v) is 11.2. The molecule has 2 heterocycles. The van der Waals surface area contributed by atoms with Crippen molar-refractivity contribution >= 4 is 17.3 Å². The Morgan fingerprint density at radius 3 is 2.94 bits per heavy atom. The Hall–Kier alpha value is -1.07. The normalized spacial score (nSPS) is 17.8. The molecule has 17 heavy (non-hydrogen) atoms. The van der Waals surface area contributed by atoms with E-state index in [-0.39, 0.29) is 0 Å². The van der Waals surface area contributed by atoms with Crippen molar-refractivity contribution in [3.05, 3.63) is 16.4 Å². The topological polar surface area (TPSA) is 42.7 Å². The minimum Gasteiger partial charge on any atom is -0.399 e. The van der Waals surface area contributed by atoms with Gasteiger partial charge in [0.05, 0.1) is 10.7 Å². The SMILES string of the molecule is CO/N=C(\C)c1nn2c(c1Cl)CN(C)CCC2. The van der Waals surface area contributed by atoms with Gasteiger partial charge in [0.1, 0.15) is 18.5 Å². The Bertz CT molecular complexity index is 441. The van der Waals surface area contributed by atoms with Crippen LogP contribution >= 0.6 is 11.6 Å². The third-order valence-corrected chi connectivity index (χ3v) is 3.29. The van der Waals surface area contributed by atoms with Gasteiger partial charge in [-0.25, -0.2) is 0 Å². The first-order chi connectivity index (χ1) is 8.13. The van der Waals surface area contributed by atoms with Crippen molar-refractivity contribution in [1.82, 2.24) is 14.7 Å². The average Bonchev–Trinajstić information content (AvgIpc) is 2.47. The van der Waals surface area contributed by atoms with Crippen molar-refractivity contribution < 1.29 is 4.84 Å². The van der Waals surface area contributed by atoms with E-state index in [2.05, 4.69) is 22.2 Å². The Labute approximate surface area is 106 Å². The molecule has 0 atom stereocenters. The summed E-state index contributed by atoms with van der Waals surface area (Å²) in [5.41, 5.74) is 2.49. The number of fused-ring (bicyclic) bond motifs is 1. The molecule has 94 valence electrons. The van der Waals surface area contributed by atoms with E-state index in [4.69, 9.17) is 16.4 Å². The van der Waals surface area contributed by atoms with Gasteiger partial charge in [-0.2, -0.15) is 5.10 Å². The van der Waals surface area contributed by atoms with Gasteiger partial charge in [0.2, 0.25) is 0 Å². The van der Waals surface area contributed by atoms with Gasteiger partial charge in [-0.05, 0) is 20.4 Å². The lowest BCUT2D eigenvalue weighted by molar-refractivity contribution is 0.213. The van der Waals surface area contributed by atoms with Crippen molar-refractivity contribution in [1.29, 1.82) is 0 Å². The maximum atomic E-state index is 6.36. The van der Waals surface area contributed by atoms with Crippen molar-refractivity contribution in [3.63, 3.8) is 0 Å². The van der Waals surface area contributed by atoms with E-state index in [9.17, 15) is 0 Å². The Morgan fingerprint density at radius 2 is 2.24 bits per heavy atom. The molecule has 1 aromatic heterocycles. The third-order valence-electron chi connectivity index (χ3n) is 2.89. The number of hydrogen-bond donors (Lipinski definition) is 0. The molecule has 1 aliphatic rings. The lowest BCUT2D eigenvalue weighted by Gasteiger charge is -2.11. The zero-order valence-electron chi connectivity index (χ0n) is 10.4. The van der Waals surface area contributed by atoms with Gasteiger partial charge in [0.25, 0.3) is 0 Å². The summed E-state index contributed by atoms with van der Waals surface area (Å²) in [4.78, 5) is 7.01. The predicted octanol–water partition coefficient (Wildman–Crippen LogP) is 1.74. The lowest BCUT2D eigenvalue weighted by Crippen LogP contribution is -2.17. The van der Waals surface area contributed by atoms with Crippen LogP contribution in [0.4, 0.5) is 0 Å². The maximum absolute atomic E-state index is 6.36. The summed E-state index contributed by atoms with van der Waals surface area (Å²) in [6.07, 6.45) is 1.08. The molecule has 2 rings (SSSR count). The molecule has 0 amide bonds. The van der Waals surface area contributed by atoms with Crippen LogP contribution in [0.3, 0.4) is 0 Å². The standard InChI is InChI=1S/C11H17ClN4O/c1-8(14-17-3)11-10(12)9-7-15(2)5-4-6-16(9)13-11/h4-7H2,1-3H3/b14-8+. The number of aryl methyl sites for hydroxylation is 1. The van der Waals surface area contributed by atoms with Crippen molar-refractivity contribution in [2.24, 2.45) is 5.16 Å². The minimum atomic E-state index is 0.692. The van der Waals surface area contributed by atoms with Gasteiger partial charge in [0, 0.05) is 19.6 Å². The Morgan fingerprint density at radius 1 is 1.47 bits per heavy atom. The van der Waals surface area contributed by atoms with Gasteiger partial charge in [-0.3, -0.25) is 4.68 Å². The summed E-state index contributed by atoms with van der Waals surface area (Å²) >= 11 is 6.36. The summed E-state index contributed by atoms with van der Waals surface area (Å²) < 4.78 is 1.98. The molecule has 6 heteroatoms. The summed E-state index contributed by atoms with van der Waals surface area (Å²) in [7, 11) is 3.61. The van der Waals surface area contributed by atoms with Crippen LogP contribution in [0.2, 0.25) is 5.02 Å². The fourth-order valence-electron chi connectivity index (χ4n) is 2.05. The van der Waals surface area contributed by atoms with Crippen molar-refractivity contribution in [2.75, 3.05) is 20.7 Å². The molecule has 5 nitrogen and oxygen atoms in total. The van der Waals surface area contributed by atoms with E-state index in [1.807, 2.05) is 11.6 Å². The van der Waals surface area contributed by atoms with Crippen LogP contribution < -0.4 is 0 Å². The molecule has 0 unspecified atom stereocenters. The highest BCUT2D eigenvalue weighted by Gasteiger charge is 2.21. The lowest BCUT2D eigenvalue weighted by atomic mass is 10.2. The summed E-state index contributed by atoms with van der Waals surface area (Å²) in [5, 5.41) is 9.09. The number of oxime groups is 1. The fourth-order valence-corrected chi connectivity index (χ4v) is 2.38. The molecule has 0 bridgehead atoms. The van der Waals surface area contributed by atoms with E-state index in [1.165, 1.54) is 7.11 Å². The van der Waals surface area contributed by atoms with Gasteiger partial charge >= 0.3 is 0 Å². The highest BCUT2D eigenvalue weighted by molar-refractivity contribution is 6.34. The number of hydrogen-bond acceptors (Lipinski definition) is 4. The first kappa shape index (κ1) is 12.4. The Kier molecular flexibility index (Phi) is 3.69. The first-order valence-corrected chi connectivity index (χ1v) is 6.03. The van der Waals surface area contributed by atoms with Crippen LogP contribution in [0.5, 0.6) is 0 Å². The number of nitrogens with zero attached hydrogens (tertiary/aromatic N) is 4. The number of aromatic nitrogens is 2. The minimum absolute atomic E-state index is 0.692. The average molecular weight is 257 g/mol. The van der Waals surface area contributed by atoms with Crippen LogP contribution in [0.25, 0.3) is 0 Å². The quantitative estimate of drug-likeness (QED) is 0.598. The van der Waals surface area contributed by atoms with Gasteiger partial charge in [0.15, 0.2) is 0 Å². The second-order valence-corrected chi connectivity index (χ2v) is 4.66. The predicted molar refractivity (Wildman–Crippen MR) is 67.4 cm³/mol. The van der Waals surface area contributed by atoms with Crippen molar-refractivity contribution in [2.45, 2.75) is 26.4 Å². The smallest absolute Gasteiger partial charge is 0.129 e. The van der Waals surface area contributed by atoms with Crippen LogP contribution in [0.15, 0.2) is 5.16 Å². The highest BCUT2D eigenvalue weighted by Crippen LogP contribution is 2.24. The van der Waals surface area contributed by atoms with E-state index >= 15 is 0 Å². The summed E-state index contributed by atoms with van der Waals surface area (Å²) in [6.45, 7) is 4.65. The van der Waals surface area contributed by atoms with E-state index in [1.54, 1.807) is 0 Å². The molecule has 0 radical (unpaired) electrons. The number of halogens is 1. The zero-order chi connectivity index (χ0) is 12.4. The second-order valence-electron chi connectivity index (χ2n) is 4.28. The third kappa shape index (κ3) is 2.45. The van der Waals surface area contributed by atoms with Crippen LogP contribution in [-0.2, 0) is 17.9 Å². The molecule has 0 saturated carbocycles. The van der Waals surface area contributed by atoms with E-state index < -0.39 is 0 Å². The molecule has 0 aromatic carbocycles. The fraction of sp³-hybridized carbons (Fsp3) is 0.636. The molecule has 1 aliphatic heterocycles. The van der Waals surface area contributed by atoms with Crippen molar-refractivity contribution in [3.8, 4) is 0 Å².